The average molecular weight is 246 g/mol. The normalized spacial score (nSPS) is 15.6. The lowest BCUT2D eigenvalue weighted by molar-refractivity contribution is -0.107. The summed E-state index contributed by atoms with van der Waals surface area (Å²) in [6, 6.07) is 0. The Labute approximate surface area is 112 Å². The molecule has 0 aromatic rings. The second-order valence-electron chi connectivity index (χ2n) is 6.05. The molecule has 0 amide bonds. The van der Waals surface area contributed by atoms with Gasteiger partial charge in [-0.1, -0.05) is 26.8 Å². The van der Waals surface area contributed by atoms with Crippen LogP contribution in [0.2, 0.25) is 0 Å². The first-order valence-corrected chi connectivity index (χ1v) is 7.14. The molecule has 0 atom stereocenters. The lowest BCUT2D eigenvalue weighted by atomic mass is 9.79. The molecule has 100 valence electrons. The van der Waals surface area contributed by atoms with E-state index in [9.17, 15) is 4.79 Å². The summed E-state index contributed by atoms with van der Waals surface area (Å²) in [6.07, 6.45) is 13.1. The SMILES string of the molecule is CC(C)(C)C(=C=CCCCC=O)C1=CCCCC1. The molecule has 0 aromatic carbocycles. The van der Waals surface area contributed by atoms with Crippen LogP contribution in [-0.4, -0.2) is 6.29 Å². The molecule has 0 aliphatic heterocycles. The van der Waals surface area contributed by atoms with Crippen molar-refractivity contribution in [3.05, 3.63) is 29.0 Å². The molecule has 0 bridgehead atoms. The van der Waals surface area contributed by atoms with Crippen molar-refractivity contribution in [2.75, 3.05) is 0 Å². The van der Waals surface area contributed by atoms with Crippen LogP contribution in [0, 0.1) is 5.41 Å². The topological polar surface area (TPSA) is 17.1 Å². The Morgan fingerprint density at radius 1 is 1.33 bits per heavy atom. The summed E-state index contributed by atoms with van der Waals surface area (Å²) in [6.45, 7) is 6.76. The molecule has 0 saturated carbocycles. The standard InChI is InChI=1S/C17H26O/c1-17(2,3)16(13-9-4-5-10-14-18)15-11-7-6-8-12-15/h9,11,14H,4-8,10,12H2,1-3H3. The highest BCUT2D eigenvalue weighted by Gasteiger charge is 2.21. The minimum absolute atomic E-state index is 0.157. The van der Waals surface area contributed by atoms with E-state index in [1.165, 1.54) is 36.8 Å². The van der Waals surface area contributed by atoms with E-state index in [1.54, 1.807) is 0 Å². The number of carbonyl (C=O) groups is 1. The molecule has 0 fully saturated rings. The van der Waals surface area contributed by atoms with E-state index in [-0.39, 0.29) is 5.41 Å². The number of rotatable bonds is 5. The number of aldehydes is 1. The van der Waals surface area contributed by atoms with Gasteiger partial charge in [-0.3, -0.25) is 0 Å². The molecular weight excluding hydrogens is 220 g/mol. The molecule has 0 heterocycles. The Kier molecular flexibility index (Phi) is 6.15. The van der Waals surface area contributed by atoms with Gasteiger partial charge in [0.15, 0.2) is 0 Å². The molecule has 0 aromatic heterocycles. The van der Waals surface area contributed by atoms with Crippen LogP contribution in [0.15, 0.2) is 29.0 Å². The van der Waals surface area contributed by atoms with Crippen molar-refractivity contribution in [2.24, 2.45) is 5.41 Å². The summed E-state index contributed by atoms with van der Waals surface area (Å²) in [5, 5.41) is 0. The van der Waals surface area contributed by atoms with Gasteiger partial charge in [-0.15, -0.1) is 5.73 Å². The Hall–Kier alpha value is -1.07. The van der Waals surface area contributed by atoms with Crippen LogP contribution in [0.5, 0.6) is 0 Å². The molecule has 0 N–H and O–H groups in total. The van der Waals surface area contributed by atoms with E-state index in [2.05, 4.69) is 38.7 Å². The first-order valence-electron chi connectivity index (χ1n) is 7.14. The Morgan fingerprint density at radius 3 is 2.67 bits per heavy atom. The third-order valence-electron chi connectivity index (χ3n) is 3.28. The van der Waals surface area contributed by atoms with Crippen LogP contribution in [-0.2, 0) is 4.79 Å². The second-order valence-corrected chi connectivity index (χ2v) is 6.05. The highest BCUT2D eigenvalue weighted by molar-refractivity contribution is 5.49. The van der Waals surface area contributed by atoms with Crippen LogP contribution in [0.1, 0.15) is 65.7 Å². The smallest absolute Gasteiger partial charge is 0.120 e. The molecule has 0 spiro atoms. The van der Waals surface area contributed by atoms with Gasteiger partial charge in [0.25, 0.3) is 0 Å². The fourth-order valence-electron chi connectivity index (χ4n) is 2.33. The zero-order valence-corrected chi connectivity index (χ0v) is 12.1. The minimum Gasteiger partial charge on any atom is -0.303 e. The van der Waals surface area contributed by atoms with Gasteiger partial charge in [0.05, 0.1) is 0 Å². The summed E-state index contributed by atoms with van der Waals surface area (Å²) in [5.74, 6) is 0. The number of allylic oxidation sites excluding steroid dienone is 3. The summed E-state index contributed by atoms with van der Waals surface area (Å²) in [7, 11) is 0. The molecule has 0 radical (unpaired) electrons. The fourth-order valence-corrected chi connectivity index (χ4v) is 2.33. The van der Waals surface area contributed by atoms with E-state index >= 15 is 0 Å². The fraction of sp³-hybridized carbons (Fsp3) is 0.647. The first-order chi connectivity index (χ1) is 8.55. The zero-order valence-electron chi connectivity index (χ0n) is 12.1. The largest absolute Gasteiger partial charge is 0.303 e. The Bertz CT molecular complexity index is 360. The van der Waals surface area contributed by atoms with Crippen LogP contribution in [0.3, 0.4) is 0 Å². The van der Waals surface area contributed by atoms with Crippen LogP contribution < -0.4 is 0 Å². The second kappa shape index (κ2) is 7.38. The molecular formula is C17H26O. The Balaban J connectivity index is 2.81. The molecule has 1 rings (SSSR count). The highest BCUT2D eigenvalue weighted by Crippen LogP contribution is 2.35. The lowest BCUT2D eigenvalue weighted by Gasteiger charge is -2.25. The maximum Gasteiger partial charge on any atom is 0.120 e. The van der Waals surface area contributed by atoms with E-state index in [4.69, 9.17) is 0 Å². The molecule has 1 heteroatoms. The lowest BCUT2D eigenvalue weighted by Crippen LogP contribution is -2.12. The number of hydrogen-bond acceptors (Lipinski definition) is 1. The molecule has 1 aliphatic carbocycles. The van der Waals surface area contributed by atoms with Gasteiger partial charge in [0, 0.05) is 12.0 Å². The molecule has 18 heavy (non-hydrogen) atoms. The van der Waals surface area contributed by atoms with Gasteiger partial charge >= 0.3 is 0 Å². The monoisotopic (exact) mass is 246 g/mol. The third kappa shape index (κ3) is 5.06. The van der Waals surface area contributed by atoms with E-state index < -0.39 is 0 Å². The predicted molar refractivity (Wildman–Crippen MR) is 77.5 cm³/mol. The maximum atomic E-state index is 10.3. The van der Waals surface area contributed by atoms with Crippen molar-refractivity contribution in [2.45, 2.75) is 65.7 Å². The van der Waals surface area contributed by atoms with Crippen molar-refractivity contribution in [3.63, 3.8) is 0 Å². The molecule has 0 saturated heterocycles. The molecule has 1 aliphatic rings. The molecule has 1 nitrogen and oxygen atoms in total. The quantitative estimate of drug-likeness (QED) is 0.380. The third-order valence-corrected chi connectivity index (χ3v) is 3.28. The number of carbonyl (C=O) groups excluding carboxylic acids is 1. The Morgan fingerprint density at radius 2 is 2.11 bits per heavy atom. The zero-order chi connectivity index (χ0) is 13.4. The van der Waals surface area contributed by atoms with Gasteiger partial charge in [0.2, 0.25) is 0 Å². The van der Waals surface area contributed by atoms with Gasteiger partial charge in [-0.25, -0.2) is 0 Å². The van der Waals surface area contributed by atoms with Crippen LogP contribution in [0.4, 0.5) is 0 Å². The summed E-state index contributed by atoms with van der Waals surface area (Å²) < 4.78 is 0. The van der Waals surface area contributed by atoms with Crippen LogP contribution >= 0.6 is 0 Å². The van der Waals surface area contributed by atoms with E-state index in [0.717, 1.165) is 19.1 Å². The van der Waals surface area contributed by atoms with Gasteiger partial charge in [-0.05, 0) is 55.6 Å². The van der Waals surface area contributed by atoms with E-state index in [1.807, 2.05) is 0 Å². The average Bonchev–Trinajstić information content (AvgIpc) is 2.33. The maximum absolute atomic E-state index is 10.3. The number of hydrogen-bond donors (Lipinski definition) is 0. The van der Waals surface area contributed by atoms with Crippen molar-refractivity contribution in [1.82, 2.24) is 0 Å². The first kappa shape index (κ1) is 15.0. The summed E-state index contributed by atoms with van der Waals surface area (Å²) in [4.78, 5) is 10.3. The highest BCUT2D eigenvalue weighted by atomic mass is 16.1. The van der Waals surface area contributed by atoms with Gasteiger partial charge in [0.1, 0.15) is 6.29 Å². The van der Waals surface area contributed by atoms with Crippen molar-refractivity contribution >= 4 is 6.29 Å². The van der Waals surface area contributed by atoms with Crippen molar-refractivity contribution in [3.8, 4) is 0 Å². The summed E-state index contributed by atoms with van der Waals surface area (Å²) >= 11 is 0. The molecule has 0 unspecified atom stereocenters. The predicted octanol–water partition coefficient (Wildman–Crippen LogP) is 4.98. The number of unbranched alkanes of at least 4 members (excludes halogenated alkanes) is 2. The van der Waals surface area contributed by atoms with Gasteiger partial charge < -0.3 is 4.79 Å². The van der Waals surface area contributed by atoms with Crippen LogP contribution in [0.25, 0.3) is 0 Å². The van der Waals surface area contributed by atoms with Gasteiger partial charge in [-0.2, -0.15) is 0 Å². The minimum atomic E-state index is 0.157. The van der Waals surface area contributed by atoms with Crippen molar-refractivity contribution < 1.29 is 4.79 Å². The van der Waals surface area contributed by atoms with E-state index in [0.29, 0.717) is 6.42 Å². The summed E-state index contributed by atoms with van der Waals surface area (Å²) in [5.41, 5.74) is 6.49. The van der Waals surface area contributed by atoms with Crippen molar-refractivity contribution in [1.29, 1.82) is 0 Å².